The van der Waals surface area contributed by atoms with Gasteiger partial charge < -0.3 is 10.0 Å². The number of hydrogen-bond acceptors (Lipinski definition) is 6. The van der Waals surface area contributed by atoms with E-state index in [2.05, 4.69) is 4.98 Å². The maximum Gasteiger partial charge on any atom is 0.406 e. The number of aromatic hydroxyl groups is 1. The maximum atomic E-state index is 13.2. The molecule has 1 fully saturated rings. The van der Waals surface area contributed by atoms with E-state index in [1.54, 1.807) is 16.6 Å². The molecule has 0 saturated carbocycles. The number of pyridine rings is 1. The van der Waals surface area contributed by atoms with Crippen LogP contribution in [0.25, 0.3) is 0 Å². The number of carbonyl (C=O) groups excluding carboxylic acids is 1. The lowest BCUT2D eigenvalue weighted by Gasteiger charge is -2.56. The van der Waals surface area contributed by atoms with Gasteiger partial charge in [0.1, 0.15) is 23.3 Å². The van der Waals surface area contributed by atoms with E-state index in [1.165, 1.54) is 22.2 Å². The van der Waals surface area contributed by atoms with E-state index >= 15 is 0 Å². The first-order chi connectivity index (χ1) is 13.1. The van der Waals surface area contributed by atoms with Crippen LogP contribution in [0, 0.1) is 0 Å². The molecule has 150 valence electrons. The first kappa shape index (κ1) is 18.8. The fourth-order valence-electron chi connectivity index (χ4n) is 4.10. The number of carbonyl (C=O) groups is 1. The third-order valence-corrected chi connectivity index (χ3v) is 6.29. The minimum atomic E-state index is -4.62. The normalized spacial score (nSPS) is 24.9. The highest BCUT2D eigenvalue weighted by molar-refractivity contribution is 7.09. The topological polar surface area (TPSA) is 78.7 Å². The van der Waals surface area contributed by atoms with Gasteiger partial charge in [-0.1, -0.05) is 0 Å². The van der Waals surface area contributed by atoms with Gasteiger partial charge in [-0.05, 0) is 26.2 Å². The first-order valence-corrected chi connectivity index (χ1v) is 9.53. The number of halogens is 3. The summed E-state index contributed by atoms with van der Waals surface area (Å²) in [5.41, 5.74) is -2.09. The van der Waals surface area contributed by atoms with Crippen LogP contribution in [0.5, 0.6) is 5.75 Å². The Morgan fingerprint density at radius 2 is 2.14 bits per heavy atom. The van der Waals surface area contributed by atoms with E-state index in [-0.39, 0.29) is 0 Å². The van der Waals surface area contributed by atoms with Crippen LogP contribution in [0.3, 0.4) is 0 Å². The predicted octanol–water partition coefficient (Wildman–Crippen LogP) is 2.39. The zero-order chi connectivity index (χ0) is 20.3. The minimum absolute atomic E-state index is 0.328. The van der Waals surface area contributed by atoms with Crippen LogP contribution in [-0.4, -0.2) is 44.5 Å². The molecule has 2 aromatic rings. The minimum Gasteiger partial charge on any atom is -0.502 e. The lowest BCUT2D eigenvalue weighted by atomic mass is 9.87. The van der Waals surface area contributed by atoms with Crippen LogP contribution in [-0.2, 0) is 5.54 Å². The Balaban J connectivity index is 1.95. The smallest absolute Gasteiger partial charge is 0.406 e. The highest BCUT2D eigenvalue weighted by Gasteiger charge is 2.52. The van der Waals surface area contributed by atoms with Gasteiger partial charge in [-0.3, -0.25) is 19.3 Å². The lowest BCUT2D eigenvalue weighted by Crippen LogP contribution is -2.69. The molecule has 28 heavy (non-hydrogen) atoms. The molecular weight excluding hydrogens is 397 g/mol. The first-order valence-electron chi connectivity index (χ1n) is 8.65. The number of thiazole rings is 1. The number of alkyl halides is 3. The second-order valence-electron chi connectivity index (χ2n) is 7.10. The maximum absolute atomic E-state index is 13.2. The number of aromatic nitrogens is 2. The fourth-order valence-corrected chi connectivity index (χ4v) is 4.92. The fraction of sp³-hybridized carbons (Fsp3) is 0.471. The van der Waals surface area contributed by atoms with Crippen molar-refractivity contribution in [1.82, 2.24) is 14.6 Å². The molecule has 2 aliphatic heterocycles. The summed E-state index contributed by atoms with van der Waals surface area (Å²) in [6.45, 7) is 0.377. The summed E-state index contributed by atoms with van der Waals surface area (Å²) in [6.07, 6.45) is -1.05. The molecule has 11 heteroatoms. The van der Waals surface area contributed by atoms with Gasteiger partial charge in [0.2, 0.25) is 5.43 Å². The number of nitrogens with zero attached hydrogens (tertiary/aromatic N) is 4. The van der Waals surface area contributed by atoms with Crippen LogP contribution in [0.15, 0.2) is 28.6 Å². The Hall–Kier alpha value is -2.56. The average molecular weight is 414 g/mol. The molecule has 4 rings (SSSR count). The zero-order valence-electron chi connectivity index (χ0n) is 14.8. The van der Waals surface area contributed by atoms with Gasteiger partial charge in [-0.2, -0.15) is 13.2 Å². The van der Waals surface area contributed by atoms with Crippen molar-refractivity contribution >= 4 is 17.2 Å². The summed E-state index contributed by atoms with van der Waals surface area (Å²) in [5, 5.41) is 14.3. The van der Waals surface area contributed by atoms with Crippen molar-refractivity contribution in [3.05, 3.63) is 44.8 Å². The molecule has 0 radical (unpaired) electrons. The molecule has 1 amide bonds. The zero-order valence-corrected chi connectivity index (χ0v) is 15.6. The van der Waals surface area contributed by atoms with Gasteiger partial charge in [0.15, 0.2) is 11.4 Å². The number of hydrogen-bond donors (Lipinski definition) is 1. The van der Waals surface area contributed by atoms with Crippen LogP contribution in [0.2, 0.25) is 0 Å². The second kappa shape index (κ2) is 6.23. The number of amides is 1. The summed E-state index contributed by atoms with van der Waals surface area (Å²) in [5.74, 6) is -1.87. The molecule has 7 nitrogen and oxygen atoms in total. The summed E-state index contributed by atoms with van der Waals surface area (Å²) in [4.78, 5) is 29.8. The van der Waals surface area contributed by atoms with Crippen LogP contribution >= 0.6 is 11.3 Å². The van der Waals surface area contributed by atoms with Crippen LogP contribution in [0.1, 0.15) is 41.7 Å². The molecule has 0 aliphatic carbocycles. The number of fused-ring (bicyclic) bond motifs is 3. The molecule has 4 heterocycles. The van der Waals surface area contributed by atoms with Gasteiger partial charge in [0.05, 0.1) is 0 Å². The SMILES string of the molecule is CC1(c2nccs2)CCCC2N(CC(F)(F)F)C(=O)c3c(O)c(=O)ccn3N21. The molecule has 2 aromatic heterocycles. The monoisotopic (exact) mass is 414 g/mol. The van der Waals surface area contributed by atoms with Crippen LogP contribution < -0.4 is 10.4 Å². The highest BCUT2D eigenvalue weighted by atomic mass is 32.1. The quantitative estimate of drug-likeness (QED) is 0.817. The number of piperidine rings is 1. The Bertz CT molecular complexity index is 975. The van der Waals surface area contributed by atoms with Gasteiger partial charge >= 0.3 is 6.18 Å². The van der Waals surface area contributed by atoms with Gasteiger partial charge in [0.25, 0.3) is 5.91 Å². The van der Waals surface area contributed by atoms with Gasteiger partial charge in [-0.25, -0.2) is 4.98 Å². The third kappa shape index (κ3) is 2.76. The van der Waals surface area contributed by atoms with Gasteiger partial charge in [-0.15, -0.1) is 11.3 Å². The van der Waals surface area contributed by atoms with E-state index in [0.29, 0.717) is 29.2 Å². The molecule has 1 N–H and O–H groups in total. The van der Waals surface area contributed by atoms with Crippen molar-refractivity contribution < 1.29 is 23.1 Å². The van der Waals surface area contributed by atoms with E-state index in [9.17, 15) is 27.9 Å². The van der Waals surface area contributed by atoms with E-state index in [4.69, 9.17) is 0 Å². The van der Waals surface area contributed by atoms with Crippen LogP contribution in [0.4, 0.5) is 13.2 Å². The molecule has 0 aromatic carbocycles. The molecule has 2 atom stereocenters. The van der Waals surface area contributed by atoms with Crippen molar-refractivity contribution in [2.75, 3.05) is 11.6 Å². The Labute approximate surface area is 161 Å². The van der Waals surface area contributed by atoms with Crippen molar-refractivity contribution in [2.24, 2.45) is 0 Å². The molecule has 0 bridgehead atoms. The summed E-state index contributed by atoms with van der Waals surface area (Å²) in [7, 11) is 0. The highest BCUT2D eigenvalue weighted by Crippen LogP contribution is 2.44. The largest absolute Gasteiger partial charge is 0.502 e. The van der Waals surface area contributed by atoms with Crippen molar-refractivity contribution in [2.45, 2.75) is 44.1 Å². The summed E-state index contributed by atoms with van der Waals surface area (Å²) >= 11 is 1.37. The van der Waals surface area contributed by atoms with E-state index in [0.717, 1.165) is 6.07 Å². The molecule has 0 spiro atoms. The van der Waals surface area contributed by atoms with E-state index in [1.807, 2.05) is 6.92 Å². The summed E-state index contributed by atoms with van der Waals surface area (Å²) in [6, 6.07) is 1.10. The average Bonchev–Trinajstić information content (AvgIpc) is 3.15. The Morgan fingerprint density at radius 3 is 2.79 bits per heavy atom. The number of rotatable bonds is 2. The standard InChI is InChI=1S/C17H17F3N4O3S/c1-16(15-21-6-8-28-15)5-2-3-11-22(9-17(18,19)20)14(27)12-13(26)10(25)4-7-23(12)24(11)16/h4,6-8,11,26H,2-3,5,9H2,1H3. The second-order valence-corrected chi connectivity index (χ2v) is 7.99. The predicted molar refractivity (Wildman–Crippen MR) is 94.8 cm³/mol. The molecule has 1 saturated heterocycles. The Morgan fingerprint density at radius 1 is 1.39 bits per heavy atom. The lowest BCUT2D eigenvalue weighted by molar-refractivity contribution is -0.148. The summed E-state index contributed by atoms with van der Waals surface area (Å²) < 4.78 is 41.0. The van der Waals surface area contributed by atoms with E-state index < -0.39 is 47.2 Å². The van der Waals surface area contributed by atoms with Crippen molar-refractivity contribution in [1.29, 1.82) is 0 Å². The van der Waals surface area contributed by atoms with Crippen molar-refractivity contribution in [3.63, 3.8) is 0 Å². The third-order valence-electron chi connectivity index (χ3n) is 5.27. The molecular formula is C17H17F3N4O3S. The molecule has 2 aliphatic rings. The van der Waals surface area contributed by atoms with Gasteiger partial charge in [0, 0.05) is 23.8 Å². The Kier molecular flexibility index (Phi) is 4.18. The van der Waals surface area contributed by atoms with Crippen molar-refractivity contribution in [3.8, 4) is 5.75 Å². The molecule has 2 unspecified atom stereocenters.